The Morgan fingerprint density at radius 2 is 2.19 bits per heavy atom. The maximum absolute atomic E-state index is 13.2. The van der Waals surface area contributed by atoms with Gasteiger partial charge in [-0.2, -0.15) is 0 Å². The minimum Gasteiger partial charge on any atom is -0.368 e. The van der Waals surface area contributed by atoms with Crippen molar-refractivity contribution in [2.75, 3.05) is 18.4 Å². The number of pyridine rings is 3. The highest BCUT2D eigenvalue weighted by molar-refractivity contribution is 6.05. The number of carbonyl (C=O) groups excluding carboxylic acids is 1. The first-order chi connectivity index (χ1) is 12.7. The summed E-state index contributed by atoms with van der Waals surface area (Å²) in [4.78, 5) is 28.1. The van der Waals surface area contributed by atoms with Crippen LogP contribution >= 0.6 is 0 Å². The molecule has 3 aromatic rings. The average molecular weight is 347 g/mol. The average Bonchev–Trinajstić information content (AvgIpc) is 3.14. The summed E-state index contributed by atoms with van der Waals surface area (Å²) >= 11 is 0. The second kappa shape index (κ2) is 7.07. The third-order valence-corrected chi connectivity index (χ3v) is 4.82. The van der Waals surface area contributed by atoms with Gasteiger partial charge in [0.25, 0.3) is 5.91 Å². The van der Waals surface area contributed by atoms with Crippen molar-refractivity contribution in [3.8, 4) is 0 Å². The Balaban J connectivity index is 1.53. The van der Waals surface area contributed by atoms with Crippen molar-refractivity contribution >= 4 is 22.6 Å². The summed E-state index contributed by atoms with van der Waals surface area (Å²) in [5.41, 5.74) is 2.44. The van der Waals surface area contributed by atoms with E-state index >= 15 is 0 Å². The van der Waals surface area contributed by atoms with Crippen molar-refractivity contribution in [3.05, 3.63) is 60.2 Å². The number of rotatable bonds is 4. The van der Waals surface area contributed by atoms with Gasteiger partial charge in [0.05, 0.1) is 11.1 Å². The molecule has 1 aliphatic heterocycles. The van der Waals surface area contributed by atoms with Crippen molar-refractivity contribution in [2.24, 2.45) is 0 Å². The Labute approximate surface area is 152 Å². The van der Waals surface area contributed by atoms with Crippen molar-refractivity contribution in [1.29, 1.82) is 0 Å². The minimum absolute atomic E-state index is 0.0481. The lowest BCUT2D eigenvalue weighted by Crippen LogP contribution is -2.39. The summed E-state index contributed by atoms with van der Waals surface area (Å²) in [7, 11) is 0. The Hall–Kier alpha value is -3.02. The molecule has 4 heterocycles. The van der Waals surface area contributed by atoms with E-state index in [4.69, 9.17) is 0 Å². The van der Waals surface area contributed by atoms with Crippen LogP contribution in [0.25, 0.3) is 10.9 Å². The molecule has 1 N–H and O–H groups in total. The summed E-state index contributed by atoms with van der Waals surface area (Å²) < 4.78 is 0. The molecule has 1 unspecified atom stereocenters. The molecule has 0 aliphatic carbocycles. The van der Waals surface area contributed by atoms with Gasteiger partial charge in [-0.25, -0.2) is 4.98 Å². The highest BCUT2D eigenvalue weighted by Crippen LogP contribution is 2.23. The normalized spacial score (nSPS) is 16.8. The molecule has 4 rings (SSSR count). The van der Waals surface area contributed by atoms with Crippen LogP contribution in [-0.2, 0) is 0 Å². The number of aromatic nitrogens is 3. The van der Waals surface area contributed by atoms with E-state index in [1.54, 1.807) is 24.7 Å². The Morgan fingerprint density at radius 1 is 1.27 bits per heavy atom. The first kappa shape index (κ1) is 16.4. The van der Waals surface area contributed by atoms with E-state index in [9.17, 15) is 4.79 Å². The molecule has 0 saturated carbocycles. The summed E-state index contributed by atoms with van der Waals surface area (Å²) in [5.74, 6) is 0.898. The SMILES string of the molecule is Cc1cccc(NCC2CCCN2C(=O)c2ccnc3ccncc23)n1. The molecule has 1 saturated heterocycles. The number of hydrogen-bond acceptors (Lipinski definition) is 5. The number of hydrogen-bond donors (Lipinski definition) is 1. The lowest BCUT2D eigenvalue weighted by molar-refractivity contribution is 0.0745. The number of fused-ring (bicyclic) bond motifs is 1. The minimum atomic E-state index is 0.0481. The number of nitrogens with zero attached hydrogens (tertiary/aromatic N) is 4. The molecule has 1 aliphatic rings. The van der Waals surface area contributed by atoms with Crippen LogP contribution in [0.2, 0.25) is 0 Å². The predicted molar refractivity (Wildman–Crippen MR) is 101 cm³/mol. The lowest BCUT2D eigenvalue weighted by atomic mass is 10.1. The molecule has 6 nitrogen and oxygen atoms in total. The summed E-state index contributed by atoms with van der Waals surface area (Å²) in [6.07, 6.45) is 7.11. The van der Waals surface area contributed by atoms with Crippen LogP contribution in [0.15, 0.2) is 48.9 Å². The summed E-state index contributed by atoms with van der Waals surface area (Å²) in [5, 5.41) is 4.18. The first-order valence-corrected chi connectivity index (χ1v) is 8.89. The third kappa shape index (κ3) is 3.22. The number of aryl methyl sites for hydroxylation is 1. The fourth-order valence-corrected chi connectivity index (χ4v) is 3.51. The number of nitrogens with one attached hydrogen (secondary N) is 1. The molecule has 0 spiro atoms. The smallest absolute Gasteiger partial charge is 0.254 e. The monoisotopic (exact) mass is 347 g/mol. The molecule has 1 amide bonds. The van der Waals surface area contributed by atoms with Crippen LogP contribution in [0.3, 0.4) is 0 Å². The van der Waals surface area contributed by atoms with Gasteiger partial charge < -0.3 is 10.2 Å². The van der Waals surface area contributed by atoms with Gasteiger partial charge in [0.2, 0.25) is 0 Å². The second-order valence-corrected chi connectivity index (χ2v) is 6.59. The van der Waals surface area contributed by atoms with Gasteiger partial charge in [-0.15, -0.1) is 0 Å². The summed E-state index contributed by atoms with van der Waals surface area (Å²) in [6, 6.07) is 9.69. The number of anilines is 1. The zero-order chi connectivity index (χ0) is 17.9. The van der Waals surface area contributed by atoms with Crippen molar-refractivity contribution in [2.45, 2.75) is 25.8 Å². The number of amides is 1. The Morgan fingerprint density at radius 3 is 3.08 bits per heavy atom. The third-order valence-electron chi connectivity index (χ3n) is 4.82. The van der Waals surface area contributed by atoms with E-state index in [-0.39, 0.29) is 11.9 Å². The van der Waals surface area contributed by atoms with Crippen LogP contribution in [0.1, 0.15) is 28.9 Å². The molecule has 26 heavy (non-hydrogen) atoms. The zero-order valence-corrected chi connectivity index (χ0v) is 14.7. The molecular formula is C20H21N5O. The highest BCUT2D eigenvalue weighted by Gasteiger charge is 2.30. The molecule has 0 bridgehead atoms. The van der Waals surface area contributed by atoms with Crippen LogP contribution in [0, 0.1) is 6.92 Å². The summed E-state index contributed by atoms with van der Waals surface area (Å²) in [6.45, 7) is 3.44. The van der Waals surface area contributed by atoms with E-state index in [1.165, 1.54) is 0 Å². The maximum Gasteiger partial charge on any atom is 0.254 e. The van der Waals surface area contributed by atoms with Gasteiger partial charge in [-0.3, -0.25) is 14.8 Å². The molecule has 1 atom stereocenters. The van der Waals surface area contributed by atoms with Crippen molar-refractivity contribution < 1.29 is 4.79 Å². The van der Waals surface area contributed by atoms with Gasteiger partial charge in [-0.05, 0) is 44.0 Å². The van der Waals surface area contributed by atoms with E-state index in [1.807, 2.05) is 36.1 Å². The van der Waals surface area contributed by atoms with E-state index in [0.29, 0.717) is 12.1 Å². The van der Waals surface area contributed by atoms with Gasteiger partial charge in [0, 0.05) is 48.8 Å². The Kier molecular flexibility index (Phi) is 4.48. The maximum atomic E-state index is 13.2. The molecule has 0 aromatic carbocycles. The largest absolute Gasteiger partial charge is 0.368 e. The second-order valence-electron chi connectivity index (χ2n) is 6.59. The molecule has 3 aromatic heterocycles. The number of likely N-dealkylation sites (tertiary alicyclic amines) is 1. The van der Waals surface area contributed by atoms with Crippen LogP contribution in [-0.4, -0.2) is 44.9 Å². The fourth-order valence-electron chi connectivity index (χ4n) is 3.51. The standard InChI is InChI=1S/C20H21N5O/c1-14-4-2-6-19(24-14)23-12-15-5-3-11-25(15)20(26)16-7-10-22-18-8-9-21-13-17(16)18/h2,4,6-10,13,15H,3,5,11-12H2,1H3,(H,23,24). The quantitative estimate of drug-likeness (QED) is 0.785. The van der Waals surface area contributed by atoms with Gasteiger partial charge in [-0.1, -0.05) is 6.07 Å². The zero-order valence-electron chi connectivity index (χ0n) is 14.7. The van der Waals surface area contributed by atoms with Gasteiger partial charge in [0.15, 0.2) is 0 Å². The fraction of sp³-hybridized carbons (Fsp3) is 0.300. The van der Waals surface area contributed by atoms with Crippen molar-refractivity contribution in [3.63, 3.8) is 0 Å². The van der Waals surface area contributed by atoms with E-state index < -0.39 is 0 Å². The van der Waals surface area contributed by atoms with E-state index in [0.717, 1.165) is 41.8 Å². The Bertz CT molecular complexity index is 937. The predicted octanol–water partition coefficient (Wildman–Crippen LogP) is 3.05. The van der Waals surface area contributed by atoms with Crippen LogP contribution < -0.4 is 5.32 Å². The molecule has 1 fully saturated rings. The van der Waals surface area contributed by atoms with Crippen LogP contribution in [0.4, 0.5) is 5.82 Å². The first-order valence-electron chi connectivity index (χ1n) is 8.89. The van der Waals surface area contributed by atoms with Crippen molar-refractivity contribution in [1.82, 2.24) is 19.9 Å². The molecule has 6 heteroatoms. The molecule has 132 valence electrons. The van der Waals surface area contributed by atoms with Gasteiger partial charge >= 0.3 is 0 Å². The topological polar surface area (TPSA) is 71.0 Å². The molecular weight excluding hydrogens is 326 g/mol. The van der Waals surface area contributed by atoms with Crippen LogP contribution in [0.5, 0.6) is 0 Å². The van der Waals surface area contributed by atoms with E-state index in [2.05, 4.69) is 20.3 Å². The lowest BCUT2D eigenvalue weighted by Gasteiger charge is -2.25. The molecule has 0 radical (unpaired) electrons. The highest BCUT2D eigenvalue weighted by atomic mass is 16.2. The van der Waals surface area contributed by atoms with Gasteiger partial charge in [0.1, 0.15) is 5.82 Å². The number of carbonyl (C=O) groups is 1.